The first-order valence-corrected chi connectivity index (χ1v) is 8.78. The van der Waals surface area contributed by atoms with Gasteiger partial charge in [0.2, 0.25) is 0 Å². The number of para-hydroxylation sites is 1. The zero-order chi connectivity index (χ0) is 19.1. The molecule has 7 heteroatoms. The Labute approximate surface area is 162 Å². The fourth-order valence-electron chi connectivity index (χ4n) is 2.45. The Balaban J connectivity index is 1.53. The van der Waals surface area contributed by atoms with E-state index in [1.807, 2.05) is 42.5 Å². The van der Waals surface area contributed by atoms with Crippen molar-refractivity contribution in [3.63, 3.8) is 0 Å². The van der Waals surface area contributed by atoms with E-state index in [9.17, 15) is 4.79 Å². The van der Waals surface area contributed by atoms with Crippen molar-refractivity contribution in [1.29, 1.82) is 0 Å². The lowest BCUT2D eigenvalue weighted by molar-refractivity contribution is 0.0949. The van der Waals surface area contributed by atoms with Crippen molar-refractivity contribution >= 4 is 29.0 Å². The maximum absolute atomic E-state index is 12.2. The molecule has 1 heterocycles. The van der Waals surface area contributed by atoms with E-state index in [0.717, 1.165) is 17.0 Å². The zero-order valence-corrected chi connectivity index (χ0v) is 15.5. The van der Waals surface area contributed by atoms with Crippen molar-refractivity contribution < 1.29 is 9.53 Å². The van der Waals surface area contributed by atoms with Gasteiger partial charge in [-0.3, -0.25) is 4.79 Å². The van der Waals surface area contributed by atoms with Crippen molar-refractivity contribution in [2.75, 3.05) is 19.0 Å². The molecule has 0 atom stereocenters. The molecule has 1 amide bonds. The number of nitrogens with zero attached hydrogens (tertiary/aromatic N) is 2. The van der Waals surface area contributed by atoms with Crippen LogP contribution >= 0.6 is 11.6 Å². The first-order valence-electron chi connectivity index (χ1n) is 8.40. The number of nitrogens with one attached hydrogen (secondary N) is 2. The summed E-state index contributed by atoms with van der Waals surface area (Å²) in [6, 6.07) is 15.1. The highest BCUT2D eigenvalue weighted by Crippen LogP contribution is 2.23. The van der Waals surface area contributed by atoms with Gasteiger partial charge in [-0.05, 0) is 36.2 Å². The summed E-state index contributed by atoms with van der Waals surface area (Å²) in [5.41, 5.74) is 2.06. The molecule has 0 fully saturated rings. The lowest BCUT2D eigenvalue weighted by Gasteiger charge is -2.08. The summed E-state index contributed by atoms with van der Waals surface area (Å²) in [4.78, 5) is 20.6. The Morgan fingerprint density at radius 2 is 1.96 bits per heavy atom. The van der Waals surface area contributed by atoms with Crippen LogP contribution in [0.4, 0.5) is 11.5 Å². The van der Waals surface area contributed by atoms with E-state index in [0.29, 0.717) is 23.8 Å². The average Bonchev–Trinajstić information content (AvgIpc) is 2.70. The van der Waals surface area contributed by atoms with Crippen LogP contribution in [0.1, 0.15) is 16.1 Å². The second-order valence-electron chi connectivity index (χ2n) is 5.75. The van der Waals surface area contributed by atoms with Crippen LogP contribution in [0.2, 0.25) is 5.02 Å². The molecule has 1 aromatic heterocycles. The van der Waals surface area contributed by atoms with Crippen LogP contribution in [0.25, 0.3) is 0 Å². The number of hydrogen-bond donors (Lipinski definition) is 2. The normalized spacial score (nSPS) is 10.3. The van der Waals surface area contributed by atoms with Crippen LogP contribution in [0, 0.1) is 0 Å². The highest BCUT2D eigenvalue weighted by atomic mass is 35.5. The van der Waals surface area contributed by atoms with E-state index >= 15 is 0 Å². The lowest BCUT2D eigenvalue weighted by atomic mass is 10.1. The van der Waals surface area contributed by atoms with Crippen LogP contribution in [-0.4, -0.2) is 29.5 Å². The van der Waals surface area contributed by atoms with Crippen molar-refractivity contribution in [3.8, 4) is 5.75 Å². The van der Waals surface area contributed by atoms with Gasteiger partial charge in [0, 0.05) is 6.54 Å². The number of carbonyl (C=O) groups excluding carboxylic acids is 1. The number of anilines is 2. The highest BCUT2D eigenvalue weighted by Gasteiger charge is 2.08. The molecule has 27 heavy (non-hydrogen) atoms. The Morgan fingerprint density at radius 3 is 2.70 bits per heavy atom. The van der Waals surface area contributed by atoms with Crippen LogP contribution in [-0.2, 0) is 6.42 Å². The molecular weight excluding hydrogens is 364 g/mol. The minimum absolute atomic E-state index is 0.255. The van der Waals surface area contributed by atoms with Gasteiger partial charge in [0.1, 0.15) is 17.3 Å². The standard InChI is InChI=1S/C20H19ClN4O2/c1-27-15-6-4-5-14(11-15)9-10-22-20(26)18-12-24-19(13-23-18)25-17-8-3-2-7-16(17)21/h2-8,11-13H,9-10H2,1H3,(H,22,26)(H,24,25). The van der Waals surface area contributed by atoms with Crippen molar-refractivity contribution in [3.05, 3.63) is 77.2 Å². The van der Waals surface area contributed by atoms with Crippen molar-refractivity contribution in [2.45, 2.75) is 6.42 Å². The molecule has 0 unspecified atom stereocenters. The molecule has 3 rings (SSSR count). The largest absolute Gasteiger partial charge is 0.497 e. The van der Waals surface area contributed by atoms with Gasteiger partial charge in [0.25, 0.3) is 5.91 Å². The molecule has 0 radical (unpaired) electrons. The van der Waals surface area contributed by atoms with E-state index in [1.165, 1.54) is 12.4 Å². The maximum atomic E-state index is 12.2. The smallest absolute Gasteiger partial charge is 0.271 e. The quantitative estimate of drug-likeness (QED) is 0.649. The second kappa shape index (κ2) is 9.00. The maximum Gasteiger partial charge on any atom is 0.271 e. The highest BCUT2D eigenvalue weighted by molar-refractivity contribution is 6.33. The lowest BCUT2D eigenvalue weighted by Crippen LogP contribution is -2.26. The number of amides is 1. The predicted octanol–water partition coefficient (Wildman–Crippen LogP) is 3.85. The fourth-order valence-corrected chi connectivity index (χ4v) is 2.63. The summed E-state index contributed by atoms with van der Waals surface area (Å²) in [6.45, 7) is 0.493. The first-order chi connectivity index (χ1) is 13.2. The SMILES string of the molecule is COc1cccc(CCNC(=O)c2cnc(Nc3ccccc3Cl)cn2)c1. The Kier molecular flexibility index (Phi) is 6.22. The van der Waals surface area contributed by atoms with E-state index in [1.54, 1.807) is 13.2 Å². The van der Waals surface area contributed by atoms with E-state index in [2.05, 4.69) is 20.6 Å². The Hall–Kier alpha value is -3.12. The summed E-state index contributed by atoms with van der Waals surface area (Å²) in [7, 11) is 1.63. The van der Waals surface area contributed by atoms with Gasteiger partial charge in [0.05, 0.1) is 30.2 Å². The topological polar surface area (TPSA) is 76.1 Å². The van der Waals surface area contributed by atoms with E-state index < -0.39 is 0 Å². The molecule has 0 bridgehead atoms. The molecule has 2 N–H and O–H groups in total. The first kappa shape index (κ1) is 18.7. The number of halogens is 1. The number of methoxy groups -OCH3 is 1. The summed E-state index contributed by atoms with van der Waals surface area (Å²) in [5, 5.41) is 6.49. The molecule has 2 aromatic carbocycles. The Morgan fingerprint density at radius 1 is 1.11 bits per heavy atom. The van der Waals surface area contributed by atoms with Crippen LogP contribution in [0.15, 0.2) is 60.9 Å². The van der Waals surface area contributed by atoms with Crippen LogP contribution in [0.3, 0.4) is 0 Å². The number of rotatable bonds is 7. The molecule has 138 valence electrons. The number of ether oxygens (including phenoxy) is 1. The van der Waals surface area contributed by atoms with Gasteiger partial charge in [-0.1, -0.05) is 35.9 Å². The molecule has 0 saturated carbocycles. The molecule has 0 saturated heterocycles. The summed E-state index contributed by atoms with van der Waals surface area (Å²) in [5.74, 6) is 1.04. The zero-order valence-electron chi connectivity index (χ0n) is 14.8. The third-order valence-corrected chi connectivity index (χ3v) is 4.18. The minimum atomic E-state index is -0.269. The molecule has 0 aliphatic heterocycles. The minimum Gasteiger partial charge on any atom is -0.497 e. The summed E-state index contributed by atoms with van der Waals surface area (Å²) in [6.07, 6.45) is 3.63. The van der Waals surface area contributed by atoms with Gasteiger partial charge in [-0.2, -0.15) is 0 Å². The van der Waals surface area contributed by atoms with Crippen molar-refractivity contribution in [2.24, 2.45) is 0 Å². The van der Waals surface area contributed by atoms with Gasteiger partial charge >= 0.3 is 0 Å². The fraction of sp³-hybridized carbons (Fsp3) is 0.150. The number of hydrogen-bond acceptors (Lipinski definition) is 5. The number of benzene rings is 2. The van der Waals surface area contributed by atoms with E-state index in [4.69, 9.17) is 16.3 Å². The van der Waals surface area contributed by atoms with Gasteiger partial charge in [-0.15, -0.1) is 0 Å². The third-order valence-electron chi connectivity index (χ3n) is 3.85. The molecular formula is C20H19ClN4O2. The second-order valence-corrected chi connectivity index (χ2v) is 6.16. The Bertz CT molecular complexity index is 916. The number of carbonyl (C=O) groups is 1. The van der Waals surface area contributed by atoms with Gasteiger partial charge in [0.15, 0.2) is 0 Å². The van der Waals surface area contributed by atoms with E-state index in [-0.39, 0.29) is 11.6 Å². The summed E-state index contributed by atoms with van der Waals surface area (Å²) >= 11 is 6.10. The molecule has 0 aliphatic rings. The predicted molar refractivity (Wildman–Crippen MR) is 106 cm³/mol. The molecule has 3 aromatic rings. The average molecular weight is 383 g/mol. The van der Waals surface area contributed by atoms with Crippen molar-refractivity contribution in [1.82, 2.24) is 15.3 Å². The van der Waals surface area contributed by atoms with Gasteiger partial charge < -0.3 is 15.4 Å². The molecule has 0 spiro atoms. The van der Waals surface area contributed by atoms with Crippen LogP contribution < -0.4 is 15.4 Å². The van der Waals surface area contributed by atoms with Crippen LogP contribution in [0.5, 0.6) is 5.75 Å². The molecule has 0 aliphatic carbocycles. The third kappa shape index (κ3) is 5.18. The molecule has 6 nitrogen and oxygen atoms in total. The monoisotopic (exact) mass is 382 g/mol. The van der Waals surface area contributed by atoms with Gasteiger partial charge in [-0.25, -0.2) is 9.97 Å². The number of aromatic nitrogens is 2. The summed E-state index contributed by atoms with van der Waals surface area (Å²) < 4.78 is 5.19.